The van der Waals surface area contributed by atoms with Crippen LogP contribution in [0.5, 0.6) is 0 Å². The fraction of sp³-hybridized carbons (Fsp3) is 0.158. The molecule has 3 heterocycles. The van der Waals surface area contributed by atoms with Crippen LogP contribution in [0.3, 0.4) is 0 Å². The first-order valence-electron chi connectivity index (χ1n) is 8.54. The molecular weight excluding hydrogens is 369 g/mol. The highest BCUT2D eigenvalue weighted by Crippen LogP contribution is 2.35. The second-order valence-electron chi connectivity index (χ2n) is 6.10. The lowest BCUT2D eigenvalue weighted by molar-refractivity contribution is -0.137. The number of pyridine rings is 1. The second kappa shape index (κ2) is 7.26. The van der Waals surface area contributed by atoms with Crippen LogP contribution in [0.4, 0.5) is 19.1 Å². The van der Waals surface area contributed by atoms with Gasteiger partial charge in [0, 0.05) is 18.3 Å². The van der Waals surface area contributed by atoms with Crippen molar-refractivity contribution < 1.29 is 13.2 Å². The molecule has 4 rings (SSSR count). The van der Waals surface area contributed by atoms with E-state index in [4.69, 9.17) is 0 Å². The summed E-state index contributed by atoms with van der Waals surface area (Å²) in [7, 11) is 0. The van der Waals surface area contributed by atoms with Crippen molar-refractivity contribution in [2.45, 2.75) is 12.6 Å². The average molecular weight is 384 g/mol. The summed E-state index contributed by atoms with van der Waals surface area (Å²) in [6, 6.07) is 13.7. The minimum atomic E-state index is -4.51. The van der Waals surface area contributed by atoms with Gasteiger partial charge >= 0.3 is 6.18 Å². The van der Waals surface area contributed by atoms with Crippen LogP contribution in [0.25, 0.3) is 16.9 Å². The summed E-state index contributed by atoms with van der Waals surface area (Å²) in [5.74, 6) is 0.426. The van der Waals surface area contributed by atoms with Crippen LogP contribution in [-0.4, -0.2) is 31.3 Å². The van der Waals surface area contributed by atoms with E-state index in [1.165, 1.54) is 34.6 Å². The molecule has 0 fully saturated rings. The monoisotopic (exact) mass is 384 g/mol. The number of aromatic nitrogens is 5. The molecule has 0 radical (unpaired) electrons. The van der Waals surface area contributed by atoms with Crippen LogP contribution in [0, 0.1) is 0 Å². The molecule has 0 bridgehead atoms. The Morgan fingerprint density at radius 1 is 1.00 bits per heavy atom. The number of benzene rings is 1. The summed E-state index contributed by atoms with van der Waals surface area (Å²) in [5, 5.41) is 15.4. The Kier molecular flexibility index (Phi) is 4.64. The van der Waals surface area contributed by atoms with E-state index in [9.17, 15) is 13.2 Å². The number of fused-ring (bicyclic) bond motifs is 1. The predicted octanol–water partition coefficient (Wildman–Crippen LogP) is 3.86. The summed E-state index contributed by atoms with van der Waals surface area (Å²) in [4.78, 5) is 3.88. The highest BCUT2D eigenvalue weighted by atomic mass is 19.4. The zero-order valence-corrected chi connectivity index (χ0v) is 14.6. The van der Waals surface area contributed by atoms with Crippen molar-refractivity contribution in [3.63, 3.8) is 0 Å². The van der Waals surface area contributed by atoms with Gasteiger partial charge in [-0.05, 0) is 30.2 Å². The van der Waals surface area contributed by atoms with Crippen molar-refractivity contribution in [1.29, 1.82) is 0 Å². The van der Waals surface area contributed by atoms with E-state index in [0.717, 1.165) is 12.5 Å². The molecule has 0 saturated heterocycles. The number of hydrogen-bond donors (Lipinski definition) is 1. The van der Waals surface area contributed by atoms with Crippen molar-refractivity contribution in [1.82, 2.24) is 24.8 Å². The van der Waals surface area contributed by atoms with E-state index in [2.05, 4.69) is 25.6 Å². The molecule has 0 amide bonds. The summed E-state index contributed by atoms with van der Waals surface area (Å²) in [6.07, 6.45) is -1.07. The minimum Gasteiger partial charge on any atom is -0.352 e. The first-order chi connectivity index (χ1) is 13.5. The van der Waals surface area contributed by atoms with Crippen molar-refractivity contribution in [3.8, 4) is 11.3 Å². The van der Waals surface area contributed by atoms with Crippen molar-refractivity contribution in [3.05, 3.63) is 72.1 Å². The highest BCUT2D eigenvalue weighted by Gasteiger charge is 2.34. The van der Waals surface area contributed by atoms with E-state index in [1.54, 1.807) is 0 Å². The zero-order chi connectivity index (χ0) is 19.6. The van der Waals surface area contributed by atoms with Crippen molar-refractivity contribution in [2.24, 2.45) is 0 Å². The Labute approximate surface area is 158 Å². The fourth-order valence-electron chi connectivity index (χ4n) is 2.86. The van der Waals surface area contributed by atoms with E-state index in [0.29, 0.717) is 18.1 Å². The minimum absolute atomic E-state index is 0.188. The zero-order valence-electron chi connectivity index (χ0n) is 14.6. The highest BCUT2D eigenvalue weighted by molar-refractivity contribution is 5.66. The van der Waals surface area contributed by atoms with Crippen molar-refractivity contribution >= 4 is 11.6 Å². The van der Waals surface area contributed by atoms with Gasteiger partial charge in [-0.2, -0.15) is 22.8 Å². The summed E-state index contributed by atoms with van der Waals surface area (Å²) < 4.78 is 41.1. The number of halogens is 3. The molecule has 28 heavy (non-hydrogen) atoms. The number of hydrogen-bond acceptors (Lipinski definition) is 5. The number of nitrogens with one attached hydrogen (secondary N) is 1. The maximum absolute atomic E-state index is 13.2. The molecule has 0 atom stereocenters. The number of anilines is 1. The Balaban J connectivity index is 1.57. The van der Waals surface area contributed by atoms with Crippen LogP contribution < -0.4 is 5.32 Å². The molecule has 0 unspecified atom stereocenters. The van der Waals surface area contributed by atoms with Crippen molar-refractivity contribution in [2.75, 3.05) is 11.9 Å². The molecule has 0 aliphatic carbocycles. The van der Waals surface area contributed by atoms with Crippen LogP contribution in [0.2, 0.25) is 0 Å². The van der Waals surface area contributed by atoms with Crippen LogP contribution in [0.1, 0.15) is 11.1 Å². The fourth-order valence-corrected chi connectivity index (χ4v) is 2.86. The smallest absolute Gasteiger partial charge is 0.352 e. The van der Waals surface area contributed by atoms with Gasteiger partial charge < -0.3 is 5.32 Å². The third-order valence-corrected chi connectivity index (χ3v) is 4.19. The Hall–Kier alpha value is -3.49. The topological polar surface area (TPSA) is 68.0 Å². The molecule has 0 spiro atoms. The molecule has 6 nitrogen and oxygen atoms in total. The second-order valence-corrected chi connectivity index (χ2v) is 6.10. The summed E-state index contributed by atoms with van der Waals surface area (Å²) >= 11 is 0. The first kappa shape index (κ1) is 17.9. The lowest BCUT2D eigenvalue weighted by Crippen LogP contribution is -2.10. The van der Waals surface area contributed by atoms with Crippen LogP contribution in [-0.2, 0) is 12.6 Å². The average Bonchev–Trinajstić information content (AvgIpc) is 3.10. The standard InChI is InChI=1S/C19H15F3N6/c20-19(21,22)15-7-4-9-23-17(15)14-11-16-26-27-18(28(16)25-12-14)24-10-8-13-5-2-1-3-6-13/h1-7,9,11-12H,8,10H2,(H,24,27). The lowest BCUT2D eigenvalue weighted by atomic mass is 10.1. The third-order valence-electron chi connectivity index (χ3n) is 4.19. The summed E-state index contributed by atoms with van der Waals surface area (Å²) in [5.41, 5.74) is 0.726. The van der Waals surface area contributed by atoms with E-state index in [-0.39, 0.29) is 11.3 Å². The van der Waals surface area contributed by atoms with Gasteiger partial charge in [0.25, 0.3) is 0 Å². The SMILES string of the molecule is FC(F)(F)c1cccnc1-c1cnn2c(NCCc3ccccc3)nnc2c1. The van der Waals surface area contributed by atoms with Gasteiger partial charge in [-0.25, -0.2) is 0 Å². The maximum atomic E-state index is 13.2. The Bertz CT molecular complexity index is 1090. The van der Waals surface area contributed by atoms with Crippen LogP contribution in [0.15, 0.2) is 60.9 Å². The Morgan fingerprint density at radius 2 is 1.82 bits per heavy atom. The van der Waals surface area contributed by atoms with Gasteiger partial charge in [0.2, 0.25) is 5.95 Å². The molecule has 0 aliphatic rings. The van der Waals surface area contributed by atoms with Gasteiger partial charge in [0.1, 0.15) is 0 Å². The van der Waals surface area contributed by atoms with Crippen LogP contribution >= 0.6 is 0 Å². The molecule has 0 aliphatic heterocycles. The molecule has 4 aromatic rings. The Morgan fingerprint density at radius 3 is 2.61 bits per heavy atom. The predicted molar refractivity (Wildman–Crippen MR) is 97.7 cm³/mol. The number of nitrogens with zero attached hydrogens (tertiary/aromatic N) is 5. The third kappa shape index (κ3) is 3.64. The van der Waals surface area contributed by atoms with E-state index in [1.807, 2.05) is 30.3 Å². The largest absolute Gasteiger partial charge is 0.418 e. The molecule has 1 N–H and O–H groups in total. The van der Waals surface area contributed by atoms with Gasteiger partial charge in [-0.3, -0.25) is 4.98 Å². The van der Waals surface area contributed by atoms with E-state index < -0.39 is 11.7 Å². The lowest BCUT2D eigenvalue weighted by Gasteiger charge is -2.11. The first-order valence-corrected chi connectivity index (χ1v) is 8.54. The van der Waals surface area contributed by atoms with Gasteiger partial charge in [0.05, 0.1) is 17.5 Å². The molecule has 3 aromatic heterocycles. The van der Waals surface area contributed by atoms with Gasteiger partial charge in [0.15, 0.2) is 5.65 Å². The van der Waals surface area contributed by atoms with Gasteiger partial charge in [-0.15, -0.1) is 10.2 Å². The maximum Gasteiger partial charge on any atom is 0.418 e. The summed E-state index contributed by atoms with van der Waals surface area (Å²) in [6.45, 7) is 0.618. The normalized spacial score (nSPS) is 11.7. The van der Waals surface area contributed by atoms with Gasteiger partial charge in [-0.1, -0.05) is 30.3 Å². The molecule has 142 valence electrons. The quantitative estimate of drug-likeness (QED) is 0.566. The number of alkyl halides is 3. The molecule has 9 heteroatoms. The molecule has 0 saturated carbocycles. The molecule has 1 aromatic carbocycles. The number of rotatable bonds is 5. The molecular formula is C19H15F3N6. The van der Waals surface area contributed by atoms with E-state index >= 15 is 0 Å².